The lowest BCUT2D eigenvalue weighted by Crippen LogP contribution is -2.37. The van der Waals surface area contributed by atoms with E-state index in [1.54, 1.807) is 11.0 Å². The van der Waals surface area contributed by atoms with Crippen molar-refractivity contribution in [2.24, 2.45) is 0 Å². The number of halogens is 2. The van der Waals surface area contributed by atoms with Gasteiger partial charge in [0.2, 0.25) is 5.95 Å². The van der Waals surface area contributed by atoms with Crippen LogP contribution in [0.2, 0.25) is 0 Å². The lowest BCUT2D eigenvalue weighted by Gasteiger charge is -2.29. The molecule has 0 unspecified atom stereocenters. The van der Waals surface area contributed by atoms with Crippen molar-refractivity contribution in [2.45, 2.75) is 0 Å². The van der Waals surface area contributed by atoms with Crippen LogP contribution >= 0.6 is 11.3 Å². The van der Waals surface area contributed by atoms with Crippen molar-refractivity contribution in [1.29, 1.82) is 0 Å². The number of morpholine rings is 1. The van der Waals surface area contributed by atoms with Gasteiger partial charge >= 0.3 is 0 Å². The monoisotopic (exact) mass is 377 g/mol. The number of hydrogen-bond acceptors (Lipinski definition) is 8. The summed E-state index contributed by atoms with van der Waals surface area (Å²) in [6.45, 7) is 1.54. The second kappa shape index (κ2) is 6.89. The smallest absolute Gasteiger partial charge is 0.281 e. The van der Waals surface area contributed by atoms with Gasteiger partial charge in [0.05, 0.1) is 23.3 Å². The number of nitrogens with zero attached hydrogens (tertiary/aromatic N) is 4. The van der Waals surface area contributed by atoms with E-state index in [4.69, 9.17) is 4.74 Å². The first-order valence-corrected chi connectivity index (χ1v) is 8.65. The minimum absolute atomic E-state index is 0.0336. The summed E-state index contributed by atoms with van der Waals surface area (Å²) in [6, 6.07) is 2.68. The summed E-state index contributed by atoms with van der Waals surface area (Å²) in [5.74, 6) is -1.33. The third-order valence-electron chi connectivity index (χ3n) is 3.89. The van der Waals surface area contributed by atoms with E-state index < -0.39 is 17.2 Å². The molecule has 3 aromatic rings. The number of anilines is 3. The van der Waals surface area contributed by atoms with Gasteiger partial charge in [-0.25, -0.2) is 18.7 Å². The molecule has 2 aromatic heterocycles. The lowest BCUT2D eigenvalue weighted by molar-refractivity contribution is 0.122. The Balaban J connectivity index is 1.82. The third kappa shape index (κ3) is 3.08. The fourth-order valence-electron chi connectivity index (χ4n) is 2.71. The van der Waals surface area contributed by atoms with Crippen LogP contribution in [0.4, 0.5) is 25.5 Å². The molecule has 3 heterocycles. The molecule has 0 atom stereocenters. The number of aromatic nitrogens is 3. The summed E-state index contributed by atoms with van der Waals surface area (Å²) in [4.78, 5) is 25.6. The number of hydrogen-bond donors (Lipinski definition) is 1. The van der Waals surface area contributed by atoms with E-state index in [0.29, 0.717) is 26.3 Å². The second-order valence-electron chi connectivity index (χ2n) is 5.52. The largest absolute Gasteiger partial charge is 0.378 e. The Bertz CT molecular complexity index is 1010. The molecule has 1 aliphatic rings. The average Bonchev–Trinajstić information content (AvgIpc) is 2.65. The highest BCUT2D eigenvalue weighted by atomic mass is 32.1. The van der Waals surface area contributed by atoms with Gasteiger partial charge in [0.25, 0.3) is 5.56 Å². The molecular weight excluding hydrogens is 364 g/mol. The molecular formula is C16H13F2N5O2S. The molecule has 0 aliphatic carbocycles. The molecule has 0 spiro atoms. The van der Waals surface area contributed by atoms with Crippen LogP contribution in [-0.2, 0) is 4.74 Å². The maximum absolute atomic E-state index is 15.1. The van der Waals surface area contributed by atoms with E-state index in [-0.39, 0.29) is 26.9 Å². The molecule has 1 fully saturated rings. The molecule has 1 aromatic carbocycles. The van der Waals surface area contributed by atoms with Gasteiger partial charge in [-0.15, -0.1) is 0 Å². The molecule has 0 radical (unpaired) electrons. The number of benzene rings is 1. The normalized spacial score (nSPS) is 14.6. The SMILES string of the molecule is O=c1nc(Nc2ncccn2)sc2c(F)c(N3CCOCC3)c(F)cc12. The van der Waals surface area contributed by atoms with Gasteiger partial charge in [-0.05, 0) is 12.1 Å². The molecule has 1 aliphatic heterocycles. The van der Waals surface area contributed by atoms with E-state index >= 15 is 4.39 Å². The first-order valence-electron chi connectivity index (χ1n) is 7.83. The van der Waals surface area contributed by atoms with Crippen molar-refractivity contribution in [1.82, 2.24) is 15.0 Å². The zero-order valence-electron chi connectivity index (χ0n) is 13.4. The molecule has 7 nitrogen and oxygen atoms in total. The van der Waals surface area contributed by atoms with Crippen LogP contribution in [0.15, 0.2) is 29.3 Å². The average molecular weight is 377 g/mol. The number of rotatable bonds is 3. The van der Waals surface area contributed by atoms with Crippen LogP contribution < -0.4 is 15.8 Å². The zero-order chi connectivity index (χ0) is 18.1. The molecule has 0 saturated carbocycles. The van der Waals surface area contributed by atoms with Crippen LogP contribution in [0.3, 0.4) is 0 Å². The van der Waals surface area contributed by atoms with Crippen molar-refractivity contribution in [3.8, 4) is 0 Å². The van der Waals surface area contributed by atoms with E-state index in [9.17, 15) is 9.18 Å². The molecule has 0 amide bonds. The van der Waals surface area contributed by atoms with Crippen LogP contribution in [0.5, 0.6) is 0 Å². The first kappa shape index (κ1) is 16.7. The summed E-state index contributed by atoms with van der Waals surface area (Å²) in [7, 11) is 0. The van der Waals surface area contributed by atoms with Crippen LogP contribution in [0.1, 0.15) is 0 Å². The first-order chi connectivity index (χ1) is 12.6. The van der Waals surface area contributed by atoms with Crippen molar-refractivity contribution in [3.63, 3.8) is 0 Å². The molecule has 4 rings (SSSR count). The number of ether oxygens (including phenoxy) is 1. The summed E-state index contributed by atoms with van der Waals surface area (Å²) in [6.07, 6.45) is 3.04. The fraction of sp³-hybridized carbons (Fsp3) is 0.250. The fourth-order valence-corrected chi connectivity index (χ4v) is 3.62. The predicted molar refractivity (Wildman–Crippen MR) is 94.2 cm³/mol. The molecule has 134 valence electrons. The van der Waals surface area contributed by atoms with Crippen molar-refractivity contribution >= 4 is 38.2 Å². The lowest BCUT2D eigenvalue weighted by atomic mass is 10.2. The standard InChI is InChI=1S/C16H13F2N5O2S/c17-10-8-9-13(11(18)12(10)23-4-6-25-7-5-23)26-16(21-14(9)24)22-15-19-2-1-3-20-15/h1-3,8H,4-7H2,(H,19,20,21,22,24). The van der Waals surface area contributed by atoms with E-state index in [1.807, 2.05) is 0 Å². The van der Waals surface area contributed by atoms with Crippen molar-refractivity contribution in [2.75, 3.05) is 36.5 Å². The predicted octanol–water partition coefficient (Wildman–Crippen LogP) is 2.30. The highest BCUT2D eigenvalue weighted by Crippen LogP contribution is 2.33. The molecule has 26 heavy (non-hydrogen) atoms. The highest BCUT2D eigenvalue weighted by Gasteiger charge is 2.23. The van der Waals surface area contributed by atoms with Crippen LogP contribution in [-0.4, -0.2) is 41.3 Å². The highest BCUT2D eigenvalue weighted by molar-refractivity contribution is 7.21. The summed E-state index contributed by atoms with van der Waals surface area (Å²) in [5.41, 5.74) is -0.868. The van der Waals surface area contributed by atoms with Gasteiger partial charge in [-0.1, -0.05) is 11.3 Å². The Kier molecular flexibility index (Phi) is 4.43. The number of nitrogens with one attached hydrogen (secondary N) is 1. The van der Waals surface area contributed by atoms with Crippen LogP contribution in [0, 0.1) is 11.6 Å². The van der Waals surface area contributed by atoms with Crippen LogP contribution in [0.25, 0.3) is 10.1 Å². The van der Waals surface area contributed by atoms with E-state index in [2.05, 4.69) is 20.3 Å². The Labute approximate surface area is 150 Å². The Morgan fingerprint density at radius 2 is 1.92 bits per heavy atom. The topological polar surface area (TPSA) is 80.2 Å². The molecule has 0 bridgehead atoms. The Hall–Kier alpha value is -2.72. The van der Waals surface area contributed by atoms with E-state index in [1.165, 1.54) is 12.4 Å². The van der Waals surface area contributed by atoms with Gasteiger partial charge in [0.15, 0.2) is 10.9 Å². The minimum atomic E-state index is -0.782. The zero-order valence-corrected chi connectivity index (χ0v) is 14.2. The summed E-state index contributed by atoms with van der Waals surface area (Å²) in [5, 5.41) is 2.80. The maximum atomic E-state index is 15.1. The quantitative estimate of drug-likeness (QED) is 0.750. The van der Waals surface area contributed by atoms with Gasteiger partial charge in [-0.2, -0.15) is 4.98 Å². The minimum Gasteiger partial charge on any atom is -0.378 e. The van der Waals surface area contributed by atoms with Gasteiger partial charge < -0.3 is 9.64 Å². The third-order valence-corrected chi connectivity index (χ3v) is 4.88. The Morgan fingerprint density at radius 1 is 1.19 bits per heavy atom. The second-order valence-corrected chi connectivity index (χ2v) is 6.52. The van der Waals surface area contributed by atoms with Crippen molar-refractivity contribution in [3.05, 3.63) is 46.5 Å². The number of fused-ring (bicyclic) bond motifs is 1. The summed E-state index contributed by atoms with van der Waals surface area (Å²) < 4.78 is 34.8. The van der Waals surface area contributed by atoms with Gasteiger partial charge in [0, 0.05) is 25.5 Å². The van der Waals surface area contributed by atoms with Gasteiger partial charge in [-0.3, -0.25) is 10.1 Å². The maximum Gasteiger partial charge on any atom is 0.281 e. The molecule has 1 saturated heterocycles. The Morgan fingerprint density at radius 3 is 2.65 bits per heavy atom. The van der Waals surface area contributed by atoms with E-state index in [0.717, 1.165) is 17.4 Å². The van der Waals surface area contributed by atoms with Gasteiger partial charge in [0.1, 0.15) is 11.5 Å². The van der Waals surface area contributed by atoms with Crippen molar-refractivity contribution < 1.29 is 13.5 Å². The molecule has 10 heteroatoms. The summed E-state index contributed by atoms with van der Waals surface area (Å²) >= 11 is 0.908. The molecule has 1 N–H and O–H groups in total.